The van der Waals surface area contributed by atoms with E-state index < -0.39 is 4.92 Å². The molecule has 78 valence electrons. The molecule has 0 radical (unpaired) electrons. The van der Waals surface area contributed by atoms with Crippen LogP contribution in [0, 0.1) is 22.5 Å². The van der Waals surface area contributed by atoms with E-state index in [4.69, 9.17) is 11.2 Å². The summed E-state index contributed by atoms with van der Waals surface area (Å²) in [4.78, 5) is 10.2. The van der Waals surface area contributed by atoms with E-state index in [-0.39, 0.29) is 18.0 Å². The summed E-state index contributed by atoms with van der Waals surface area (Å²) in [5.74, 6) is 2.63. The molecule has 0 saturated carbocycles. The third-order valence-corrected chi connectivity index (χ3v) is 2.11. The molecule has 0 aliphatic carbocycles. The van der Waals surface area contributed by atoms with Gasteiger partial charge in [0.2, 0.25) is 0 Å². The second-order valence-corrected chi connectivity index (χ2v) is 3.59. The molecule has 1 rings (SSSR count). The van der Waals surface area contributed by atoms with Crippen molar-refractivity contribution in [3.63, 3.8) is 0 Å². The van der Waals surface area contributed by atoms with E-state index in [1.807, 2.05) is 0 Å². The van der Waals surface area contributed by atoms with Crippen LogP contribution in [-0.4, -0.2) is 11.5 Å². The summed E-state index contributed by atoms with van der Waals surface area (Å²) >= 11 is 3.15. The summed E-state index contributed by atoms with van der Waals surface area (Å²) in [6.45, 7) is 0.277. The van der Waals surface area contributed by atoms with Crippen molar-refractivity contribution < 1.29 is 9.66 Å². The van der Waals surface area contributed by atoms with Gasteiger partial charge in [-0.25, -0.2) is 0 Å². The number of benzene rings is 1. The van der Waals surface area contributed by atoms with Gasteiger partial charge in [0.05, 0.1) is 11.5 Å². The summed E-state index contributed by atoms with van der Waals surface area (Å²) in [7, 11) is 0. The van der Waals surface area contributed by atoms with Crippen LogP contribution >= 0.6 is 15.9 Å². The molecule has 0 atom stereocenters. The van der Waals surface area contributed by atoms with E-state index in [1.54, 1.807) is 12.1 Å². The summed E-state index contributed by atoms with van der Waals surface area (Å²) in [5, 5.41) is 10.7. The molecule has 15 heavy (non-hydrogen) atoms. The third kappa shape index (κ3) is 3.26. The van der Waals surface area contributed by atoms with Crippen molar-refractivity contribution in [2.45, 2.75) is 6.42 Å². The first-order valence-corrected chi connectivity index (χ1v) is 4.94. The fraction of sp³-hybridized carbons (Fsp3) is 0.200. The molecule has 0 unspecified atom stereocenters. The van der Waals surface area contributed by atoms with Gasteiger partial charge >= 0.3 is 5.69 Å². The summed E-state index contributed by atoms with van der Waals surface area (Å²) in [5.41, 5.74) is -0.0682. The fourth-order valence-corrected chi connectivity index (χ4v) is 1.32. The molecular formula is C10H8BrNO3. The Balaban J connectivity index is 2.87. The minimum atomic E-state index is -0.490. The molecule has 1 aromatic carbocycles. The zero-order valence-electron chi connectivity index (χ0n) is 7.77. The van der Waals surface area contributed by atoms with Crippen molar-refractivity contribution in [1.82, 2.24) is 0 Å². The SMILES string of the molecule is C#CCCOc1ccc(Br)cc1[N+](=O)[O-]. The van der Waals surface area contributed by atoms with E-state index in [1.165, 1.54) is 6.07 Å². The van der Waals surface area contributed by atoms with Gasteiger partial charge in [0.25, 0.3) is 0 Å². The Kier molecular flexibility index (Phi) is 4.13. The smallest absolute Gasteiger partial charge is 0.312 e. The van der Waals surface area contributed by atoms with Gasteiger partial charge in [-0.15, -0.1) is 12.3 Å². The molecule has 0 amide bonds. The van der Waals surface area contributed by atoms with Crippen molar-refractivity contribution in [3.8, 4) is 18.1 Å². The van der Waals surface area contributed by atoms with Crippen LogP contribution in [0.25, 0.3) is 0 Å². The number of rotatable bonds is 4. The van der Waals surface area contributed by atoms with Gasteiger partial charge in [0, 0.05) is 17.0 Å². The molecule has 0 heterocycles. The first-order valence-electron chi connectivity index (χ1n) is 4.15. The Morgan fingerprint density at radius 2 is 2.33 bits per heavy atom. The molecule has 4 nitrogen and oxygen atoms in total. The first-order chi connectivity index (χ1) is 7.15. The zero-order chi connectivity index (χ0) is 11.3. The van der Waals surface area contributed by atoms with E-state index in [2.05, 4.69) is 21.9 Å². The van der Waals surface area contributed by atoms with E-state index in [9.17, 15) is 10.1 Å². The Morgan fingerprint density at radius 1 is 1.60 bits per heavy atom. The Labute approximate surface area is 95.5 Å². The van der Waals surface area contributed by atoms with E-state index in [0.29, 0.717) is 10.9 Å². The third-order valence-electron chi connectivity index (χ3n) is 1.62. The highest BCUT2D eigenvalue weighted by atomic mass is 79.9. The highest BCUT2D eigenvalue weighted by Crippen LogP contribution is 2.29. The number of ether oxygens (including phenoxy) is 1. The molecule has 0 spiro atoms. The monoisotopic (exact) mass is 269 g/mol. The Hall–Kier alpha value is -1.54. The van der Waals surface area contributed by atoms with Crippen LogP contribution in [0.1, 0.15) is 6.42 Å². The lowest BCUT2D eigenvalue weighted by atomic mass is 10.3. The molecule has 0 N–H and O–H groups in total. The predicted octanol–water partition coefficient (Wildman–Crippen LogP) is 2.76. The molecule has 0 aromatic heterocycles. The first kappa shape index (κ1) is 11.5. The highest BCUT2D eigenvalue weighted by Gasteiger charge is 2.14. The number of terminal acetylenes is 1. The molecule has 0 saturated heterocycles. The lowest BCUT2D eigenvalue weighted by molar-refractivity contribution is -0.385. The number of nitro groups is 1. The average Bonchev–Trinajstić information content (AvgIpc) is 2.20. The van der Waals surface area contributed by atoms with Crippen LogP contribution in [0.5, 0.6) is 5.75 Å². The van der Waals surface area contributed by atoms with Crippen molar-refractivity contribution in [1.29, 1.82) is 0 Å². The second kappa shape index (κ2) is 5.37. The second-order valence-electron chi connectivity index (χ2n) is 2.67. The minimum absolute atomic E-state index is 0.0682. The maximum absolute atomic E-state index is 10.7. The van der Waals surface area contributed by atoms with Gasteiger partial charge in [-0.1, -0.05) is 15.9 Å². The summed E-state index contributed by atoms with van der Waals surface area (Å²) < 4.78 is 5.83. The van der Waals surface area contributed by atoms with Crippen molar-refractivity contribution in [2.75, 3.05) is 6.61 Å². The summed E-state index contributed by atoms with van der Waals surface area (Å²) in [6, 6.07) is 4.61. The quantitative estimate of drug-likeness (QED) is 0.366. The van der Waals surface area contributed by atoms with Gasteiger partial charge in [-0.05, 0) is 12.1 Å². The number of hydrogen-bond donors (Lipinski definition) is 0. The van der Waals surface area contributed by atoms with E-state index in [0.717, 1.165) is 0 Å². The molecule has 0 bridgehead atoms. The van der Waals surface area contributed by atoms with Crippen LogP contribution in [0.3, 0.4) is 0 Å². The molecule has 0 aliphatic heterocycles. The van der Waals surface area contributed by atoms with Crippen molar-refractivity contribution >= 4 is 21.6 Å². The fourth-order valence-electron chi connectivity index (χ4n) is 0.975. The average molecular weight is 270 g/mol. The Morgan fingerprint density at radius 3 is 2.93 bits per heavy atom. The van der Waals surface area contributed by atoms with Gasteiger partial charge in [0.1, 0.15) is 0 Å². The number of nitrogens with zero attached hydrogens (tertiary/aromatic N) is 1. The lowest BCUT2D eigenvalue weighted by Gasteiger charge is -2.04. The van der Waals surface area contributed by atoms with Crippen LogP contribution in [0.4, 0.5) is 5.69 Å². The van der Waals surface area contributed by atoms with Crippen LogP contribution in [0.2, 0.25) is 0 Å². The van der Waals surface area contributed by atoms with Gasteiger partial charge < -0.3 is 4.74 Å². The van der Waals surface area contributed by atoms with Crippen LogP contribution < -0.4 is 4.74 Å². The Bertz CT molecular complexity index is 412. The predicted molar refractivity (Wildman–Crippen MR) is 59.7 cm³/mol. The topological polar surface area (TPSA) is 52.4 Å². The summed E-state index contributed by atoms with van der Waals surface area (Å²) in [6.07, 6.45) is 5.47. The molecule has 0 aliphatic rings. The van der Waals surface area contributed by atoms with Gasteiger partial charge in [0.15, 0.2) is 5.75 Å². The van der Waals surface area contributed by atoms with Gasteiger partial charge in [-0.2, -0.15) is 0 Å². The normalized spacial score (nSPS) is 9.33. The number of hydrogen-bond acceptors (Lipinski definition) is 3. The zero-order valence-corrected chi connectivity index (χ0v) is 9.36. The number of nitro benzene ring substituents is 1. The van der Waals surface area contributed by atoms with Gasteiger partial charge in [-0.3, -0.25) is 10.1 Å². The molecule has 1 aromatic rings. The lowest BCUT2D eigenvalue weighted by Crippen LogP contribution is -1.99. The maximum atomic E-state index is 10.7. The molecule has 5 heteroatoms. The largest absolute Gasteiger partial charge is 0.486 e. The van der Waals surface area contributed by atoms with Crippen molar-refractivity contribution in [3.05, 3.63) is 32.8 Å². The van der Waals surface area contributed by atoms with Crippen LogP contribution in [0.15, 0.2) is 22.7 Å². The van der Waals surface area contributed by atoms with Crippen molar-refractivity contribution in [2.24, 2.45) is 0 Å². The highest BCUT2D eigenvalue weighted by molar-refractivity contribution is 9.10. The molecule has 0 fully saturated rings. The van der Waals surface area contributed by atoms with E-state index >= 15 is 0 Å². The minimum Gasteiger partial charge on any atom is -0.486 e. The maximum Gasteiger partial charge on any atom is 0.312 e. The number of halogens is 1. The molecular weight excluding hydrogens is 262 g/mol. The standard InChI is InChI=1S/C10H8BrNO3/c1-2-3-6-15-10-5-4-8(11)7-9(10)12(13)14/h1,4-5,7H,3,6H2. The van der Waals surface area contributed by atoms with Crippen LogP contribution in [-0.2, 0) is 0 Å².